The van der Waals surface area contributed by atoms with Crippen LogP contribution in [0.5, 0.6) is 0 Å². The monoisotopic (exact) mass is 315 g/mol. The number of rotatable bonds is 1. The Morgan fingerprint density at radius 3 is 2.79 bits per heavy atom. The lowest BCUT2D eigenvalue weighted by molar-refractivity contribution is -0.120. The molecule has 1 aromatic carbocycles. The minimum absolute atomic E-state index is 0.116. The van der Waals surface area contributed by atoms with E-state index in [1.807, 2.05) is 6.92 Å². The van der Waals surface area contributed by atoms with Crippen LogP contribution >= 0.6 is 34.9 Å². The van der Waals surface area contributed by atoms with Gasteiger partial charge in [-0.25, -0.2) is 0 Å². The first kappa shape index (κ1) is 13.1. The quantitative estimate of drug-likeness (QED) is 0.807. The zero-order valence-corrected chi connectivity index (χ0v) is 12.5. The fourth-order valence-electron chi connectivity index (χ4n) is 2.47. The van der Waals surface area contributed by atoms with Crippen molar-refractivity contribution >= 4 is 57.4 Å². The molecule has 19 heavy (non-hydrogen) atoms. The van der Waals surface area contributed by atoms with Crippen LogP contribution in [0.15, 0.2) is 6.07 Å². The van der Waals surface area contributed by atoms with Crippen molar-refractivity contribution in [3.05, 3.63) is 16.1 Å². The van der Waals surface area contributed by atoms with E-state index in [9.17, 15) is 4.79 Å². The Morgan fingerprint density at radius 2 is 2.05 bits per heavy atom. The highest BCUT2D eigenvalue weighted by atomic mass is 35.5. The number of halogens is 2. The summed E-state index contributed by atoms with van der Waals surface area (Å²) in [6, 6.07) is 1.82. The van der Waals surface area contributed by atoms with E-state index in [0.29, 0.717) is 40.7 Å². The number of carbonyl (C=O) groups excluding carboxylic acids is 1. The highest BCUT2D eigenvalue weighted by molar-refractivity contribution is 7.00. The van der Waals surface area contributed by atoms with Gasteiger partial charge >= 0.3 is 0 Å². The maximum atomic E-state index is 11.5. The van der Waals surface area contributed by atoms with Gasteiger partial charge in [-0.1, -0.05) is 23.2 Å². The molecule has 2 aromatic rings. The van der Waals surface area contributed by atoms with Gasteiger partial charge < -0.3 is 4.90 Å². The van der Waals surface area contributed by atoms with Gasteiger partial charge in [-0.3, -0.25) is 4.79 Å². The van der Waals surface area contributed by atoms with E-state index in [2.05, 4.69) is 13.6 Å². The molecule has 100 valence electrons. The number of carbonyl (C=O) groups is 1. The minimum atomic E-state index is 0.116. The lowest BCUT2D eigenvalue weighted by Crippen LogP contribution is -2.41. The van der Waals surface area contributed by atoms with Crippen LogP contribution in [0.2, 0.25) is 10.0 Å². The predicted molar refractivity (Wildman–Crippen MR) is 78.5 cm³/mol. The summed E-state index contributed by atoms with van der Waals surface area (Å²) in [6.07, 6.45) is 1.08. The molecule has 0 saturated carbocycles. The predicted octanol–water partition coefficient (Wildman–Crippen LogP) is 3.56. The zero-order valence-electron chi connectivity index (χ0n) is 10.2. The number of benzene rings is 1. The number of anilines is 1. The van der Waals surface area contributed by atoms with Crippen LogP contribution in [-0.2, 0) is 4.79 Å². The second-order valence-corrected chi connectivity index (χ2v) is 6.03. The standard InChI is InChI=1S/C12H11Cl2N3OS/c1-6-4-7(18)2-3-17(6)12-9(14)5-8(13)10-11(12)16-19-15-10/h5-6H,2-4H2,1H3. The van der Waals surface area contributed by atoms with Gasteiger partial charge in [0.25, 0.3) is 0 Å². The van der Waals surface area contributed by atoms with Crippen LogP contribution in [0.1, 0.15) is 19.8 Å². The summed E-state index contributed by atoms with van der Waals surface area (Å²) in [6.45, 7) is 2.68. The van der Waals surface area contributed by atoms with Crippen LogP contribution < -0.4 is 4.90 Å². The number of hydrogen-bond donors (Lipinski definition) is 0. The smallest absolute Gasteiger partial charge is 0.136 e. The summed E-state index contributed by atoms with van der Waals surface area (Å²) in [4.78, 5) is 13.6. The lowest BCUT2D eigenvalue weighted by atomic mass is 10.0. The molecule has 1 unspecified atom stereocenters. The van der Waals surface area contributed by atoms with E-state index in [0.717, 1.165) is 22.9 Å². The number of aromatic nitrogens is 2. The van der Waals surface area contributed by atoms with Crippen LogP contribution in [0.3, 0.4) is 0 Å². The molecule has 2 heterocycles. The Balaban J connectivity index is 2.14. The maximum Gasteiger partial charge on any atom is 0.136 e. The molecule has 0 bridgehead atoms. The van der Waals surface area contributed by atoms with Crippen LogP contribution in [0.4, 0.5) is 5.69 Å². The minimum Gasteiger partial charge on any atom is -0.365 e. The molecular weight excluding hydrogens is 305 g/mol. The molecule has 1 aromatic heterocycles. The van der Waals surface area contributed by atoms with Crippen molar-refractivity contribution in [2.24, 2.45) is 0 Å². The number of piperidine rings is 1. The van der Waals surface area contributed by atoms with Gasteiger partial charge in [0.15, 0.2) is 0 Å². The Kier molecular flexibility index (Phi) is 3.37. The van der Waals surface area contributed by atoms with Crippen molar-refractivity contribution in [2.45, 2.75) is 25.8 Å². The van der Waals surface area contributed by atoms with Crippen LogP contribution in [-0.4, -0.2) is 27.1 Å². The third-order valence-corrected chi connectivity index (χ3v) is 4.50. The first-order chi connectivity index (χ1) is 9.08. The van der Waals surface area contributed by atoms with E-state index in [4.69, 9.17) is 23.2 Å². The van der Waals surface area contributed by atoms with Crippen LogP contribution in [0, 0.1) is 0 Å². The zero-order chi connectivity index (χ0) is 13.6. The molecule has 4 nitrogen and oxygen atoms in total. The average Bonchev–Trinajstić information content (AvgIpc) is 2.81. The first-order valence-corrected chi connectivity index (χ1v) is 7.45. The third-order valence-electron chi connectivity index (χ3n) is 3.39. The largest absolute Gasteiger partial charge is 0.365 e. The summed E-state index contributed by atoms with van der Waals surface area (Å²) in [7, 11) is 0. The summed E-state index contributed by atoms with van der Waals surface area (Å²) in [5.74, 6) is 0.293. The Hall–Kier alpha value is -0.910. The highest BCUT2D eigenvalue weighted by Gasteiger charge is 2.28. The van der Waals surface area contributed by atoms with E-state index in [1.165, 1.54) is 0 Å². The average molecular weight is 316 g/mol. The molecule has 7 heteroatoms. The van der Waals surface area contributed by atoms with Crippen molar-refractivity contribution in [1.29, 1.82) is 0 Å². The van der Waals surface area contributed by atoms with Gasteiger partial charge in [-0.05, 0) is 13.0 Å². The Bertz CT molecular complexity index is 658. The van der Waals surface area contributed by atoms with E-state index >= 15 is 0 Å². The molecule has 1 atom stereocenters. The molecule has 1 fully saturated rings. The second kappa shape index (κ2) is 4.89. The van der Waals surface area contributed by atoms with Gasteiger partial charge in [-0.15, -0.1) is 0 Å². The normalized spacial score (nSPS) is 20.3. The van der Waals surface area contributed by atoms with Gasteiger partial charge in [0.2, 0.25) is 0 Å². The lowest BCUT2D eigenvalue weighted by Gasteiger charge is -2.35. The number of nitrogens with zero attached hydrogens (tertiary/aromatic N) is 3. The van der Waals surface area contributed by atoms with E-state index in [-0.39, 0.29) is 6.04 Å². The summed E-state index contributed by atoms with van der Waals surface area (Å²) in [5.41, 5.74) is 2.24. The molecule has 1 saturated heterocycles. The Labute approximate surface area is 124 Å². The molecule has 1 aliphatic rings. The second-order valence-electron chi connectivity index (χ2n) is 4.69. The molecule has 0 amide bonds. The van der Waals surface area contributed by atoms with Crippen molar-refractivity contribution in [2.75, 3.05) is 11.4 Å². The molecule has 3 rings (SSSR count). The van der Waals surface area contributed by atoms with Crippen molar-refractivity contribution in [3.8, 4) is 0 Å². The topological polar surface area (TPSA) is 46.1 Å². The Morgan fingerprint density at radius 1 is 1.32 bits per heavy atom. The fourth-order valence-corrected chi connectivity index (χ4v) is 3.69. The van der Waals surface area contributed by atoms with Crippen molar-refractivity contribution in [3.63, 3.8) is 0 Å². The fraction of sp³-hybridized carbons (Fsp3) is 0.417. The van der Waals surface area contributed by atoms with E-state index in [1.54, 1.807) is 6.07 Å². The molecule has 0 N–H and O–H groups in total. The molecule has 0 spiro atoms. The van der Waals surface area contributed by atoms with E-state index < -0.39 is 0 Å². The van der Waals surface area contributed by atoms with Crippen LogP contribution in [0.25, 0.3) is 11.0 Å². The summed E-state index contributed by atoms with van der Waals surface area (Å²) >= 11 is 13.6. The molecule has 0 aliphatic carbocycles. The van der Waals surface area contributed by atoms with Gasteiger partial charge in [0.05, 0.1) is 27.5 Å². The van der Waals surface area contributed by atoms with Gasteiger partial charge in [0, 0.05) is 25.4 Å². The molecule has 1 aliphatic heterocycles. The number of Topliss-reactive ketones (excluding diaryl/α,β-unsaturated/α-hetero) is 1. The first-order valence-electron chi connectivity index (χ1n) is 5.96. The molecular formula is C12H11Cl2N3OS. The number of fused-ring (bicyclic) bond motifs is 1. The van der Waals surface area contributed by atoms with Crippen molar-refractivity contribution < 1.29 is 4.79 Å². The number of ketones is 1. The number of hydrogen-bond acceptors (Lipinski definition) is 5. The summed E-state index contributed by atoms with van der Waals surface area (Å²) < 4.78 is 8.51. The van der Waals surface area contributed by atoms with Gasteiger partial charge in [-0.2, -0.15) is 8.75 Å². The van der Waals surface area contributed by atoms with Crippen molar-refractivity contribution in [1.82, 2.24) is 8.75 Å². The SMILES string of the molecule is CC1CC(=O)CCN1c1c(Cl)cc(Cl)c2nsnc12. The highest BCUT2D eigenvalue weighted by Crippen LogP contribution is 2.39. The summed E-state index contributed by atoms with van der Waals surface area (Å²) in [5, 5.41) is 1.07. The third kappa shape index (κ3) is 2.20. The molecule has 0 radical (unpaired) electrons. The van der Waals surface area contributed by atoms with Gasteiger partial charge in [0.1, 0.15) is 16.8 Å². The maximum absolute atomic E-state index is 11.5.